The third kappa shape index (κ3) is 6.38. The summed E-state index contributed by atoms with van der Waals surface area (Å²) in [4.78, 5) is 21.2. The summed E-state index contributed by atoms with van der Waals surface area (Å²) in [6.45, 7) is 3.23. The highest BCUT2D eigenvalue weighted by atomic mass is 16.5. The van der Waals surface area contributed by atoms with E-state index in [1.54, 1.807) is 13.8 Å². The molecule has 0 aliphatic heterocycles. The molecule has 4 N–H and O–H groups in total. The normalized spacial score (nSPS) is 11.1. The van der Waals surface area contributed by atoms with E-state index in [4.69, 9.17) is 15.6 Å². The Morgan fingerprint density at radius 2 is 2.07 bits per heavy atom. The van der Waals surface area contributed by atoms with Crippen LogP contribution in [0.25, 0.3) is 0 Å². The Kier molecular flexibility index (Phi) is 5.11. The Bertz CT molecular complexity index is 210. The predicted molar refractivity (Wildman–Crippen MR) is 49.7 cm³/mol. The highest BCUT2D eigenvalue weighted by molar-refractivity contribution is 5.84. The Hall–Kier alpha value is -1.14. The predicted octanol–water partition coefficient (Wildman–Crippen LogP) is -1.06. The Labute approximate surface area is 82.4 Å². The topological polar surface area (TPSA) is 102 Å². The lowest BCUT2D eigenvalue weighted by molar-refractivity contribution is -0.142. The fourth-order valence-electron chi connectivity index (χ4n) is 0.624. The third-order valence-corrected chi connectivity index (χ3v) is 1.34. The zero-order valence-corrected chi connectivity index (χ0v) is 8.37. The van der Waals surface area contributed by atoms with Gasteiger partial charge in [0, 0.05) is 6.54 Å². The minimum Gasteiger partial charge on any atom is -0.480 e. The van der Waals surface area contributed by atoms with Crippen LogP contribution in [-0.2, 0) is 14.3 Å². The molecular weight excluding hydrogens is 188 g/mol. The highest BCUT2D eigenvalue weighted by Gasteiger charge is 2.20. The van der Waals surface area contributed by atoms with Crippen molar-refractivity contribution in [3.63, 3.8) is 0 Å². The highest BCUT2D eigenvalue weighted by Crippen LogP contribution is 1.94. The molecule has 0 fully saturated rings. The Balaban J connectivity index is 3.46. The summed E-state index contributed by atoms with van der Waals surface area (Å²) in [5, 5.41) is 10.7. The summed E-state index contributed by atoms with van der Waals surface area (Å²) in [5.41, 5.74) is 4.57. The molecule has 6 heteroatoms. The fourth-order valence-corrected chi connectivity index (χ4v) is 0.624. The summed E-state index contributed by atoms with van der Waals surface area (Å²) in [6, 6.07) is 0. The van der Waals surface area contributed by atoms with Gasteiger partial charge in [0.2, 0.25) is 5.91 Å². The number of carbonyl (C=O) groups is 2. The second-order valence-corrected chi connectivity index (χ2v) is 3.42. The zero-order chi connectivity index (χ0) is 11.2. The molecule has 0 bridgehead atoms. The molecular formula is C8H16N2O4. The Morgan fingerprint density at radius 3 is 2.50 bits per heavy atom. The van der Waals surface area contributed by atoms with Crippen molar-refractivity contribution in [3.8, 4) is 0 Å². The van der Waals surface area contributed by atoms with E-state index in [1.165, 1.54) is 0 Å². The number of carboxylic acid groups (broad SMARTS) is 1. The minimum absolute atomic E-state index is 0.161. The first-order chi connectivity index (χ1) is 6.34. The van der Waals surface area contributed by atoms with Gasteiger partial charge < -0.3 is 20.9 Å². The van der Waals surface area contributed by atoms with Crippen molar-refractivity contribution in [2.75, 3.05) is 19.8 Å². The molecule has 82 valence electrons. The molecule has 0 saturated carbocycles. The summed E-state index contributed by atoms with van der Waals surface area (Å²) < 4.78 is 4.70. The van der Waals surface area contributed by atoms with Crippen LogP contribution in [0.3, 0.4) is 0 Å². The van der Waals surface area contributed by atoms with Gasteiger partial charge in [-0.15, -0.1) is 0 Å². The number of hydrogen-bond acceptors (Lipinski definition) is 4. The van der Waals surface area contributed by atoms with Gasteiger partial charge in [0.25, 0.3) is 0 Å². The van der Waals surface area contributed by atoms with Crippen LogP contribution in [0.2, 0.25) is 0 Å². The van der Waals surface area contributed by atoms with Crippen molar-refractivity contribution in [2.24, 2.45) is 5.73 Å². The molecule has 0 heterocycles. The number of rotatable bonds is 6. The van der Waals surface area contributed by atoms with Crippen LogP contribution in [-0.4, -0.2) is 42.3 Å². The van der Waals surface area contributed by atoms with Crippen molar-refractivity contribution >= 4 is 11.9 Å². The lowest BCUT2D eigenvalue weighted by Crippen LogP contribution is -2.49. The molecule has 0 aromatic heterocycles. The van der Waals surface area contributed by atoms with Gasteiger partial charge in [-0.1, -0.05) is 0 Å². The van der Waals surface area contributed by atoms with Crippen LogP contribution in [0.15, 0.2) is 0 Å². The molecule has 6 nitrogen and oxygen atoms in total. The van der Waals surface area contributed by atoms with Crippen molar-refractivity contribution in [1.82, 2.24) is 5.32 Å². The summed E-state index contributed by atoms with van der Waals surface area (Å²) in [7, 11) is 0. The lowest BCUT2D eigenvalue weighted by Gasteiger charge is -2.17. The van der Waals surface area contributed by atoms with E-state index in [2.05, 4.69) is 5.32 Å². The van der Waals surface area contributed by atoms with E-state index in [9.17, 15) is 9.59 Å². The number of ether oxygens (including phenoxy) is 1. The summed E-state index contributed by atoms with van der Waals surface area (Å²) >= 11 is 0. The van der Waals surface area contributed by atoms with Gasteiger partial charge in [0.15, 0.2) is 0 Å². The van der Waals surface area contributed by atoms with E-state index < -0.39 is 11.5 Å². The van der Waals surface area contributed by atoms with Crippen molar-refractivity contribution < 1.29 is 19.4 Å². The minimum atomic E-state index is -1.03. The summed E-state index contributed by atoms with van der Waals surface area (Å²) in [5.74, 6) is -1.33. The molecule has 0 rings (SSSR count). The number of nitrogens with one attached hydrogen (secondary N) is 1. The monoisotopic (exact) mass is 204 g/mol. The second-order valence-electron chi connectivity index (χ2n) is 3.42. The lowest BCUT2D eigenvalue weighted by atomic mass is 10.1. The molecule has 0 saturated heterocycles. The van der Waals surface area contributed by atoms with E-state index >= 15 is 0 Å². The molecule has 0 aromatic carbocycles. The fraction of sp³-hybridized carbons (Fsp3) is 0.750. The number of carboxylic acids is 1. The van der Waals surface area contributed by atoms with Crippen LogP contribution >= 0.6 is 0 Å². The van der Waals surface area contributed by atoms with Crippen molar-refractivity contribution in [2.45, 2.75) is 19.4 Å². The molecule has 0 atom stereocenters. The zero-order valence-electron chi connectivity index (χ0n) is 8.37. The number of aliphatic carboxylic acids is 1. The first kappa shape index (κ1) is 12.9. The van der Waals surface area contributed by atoms with E-state index in [-0.39, 0.29) is 25.7 Å². The average Bonchev–Trinajstić information content (AvgIpc) is 2.01. The van der Waals surface area contributed by atoms with E-state index in [0.717, 1.165) is 0 Å². The van der Waals surface area contributed by atoms with Gasteiger partial charge in [-0.25, -0.2) is 4.79 Å². The number of carbonyl (C=O) groups excluding carboxylic acids is 1. The van der Waals surface area contributed by atoms with Gasteiger partial charge >= 0.3 is 5.97 Å². The maximum Gasteiger partial charge on any atom is 0.329 e. The first-order valence-electron chi connectivity index (χ1n) is 4.20. The molecule has 0 spiro atoms. The molecule has 1 amide bonds. The molecule has 14 heavy (non-hydrogen) atoms. The van der Waals surface area contributed by atoms with Gasteiger partial charge in [-0.05, 0) is 13.8 Å². The van der Waals surface area contributed by atoms with Crippen molar-refractivity contribution in [1.29, 1.82) is 0 Å². The van der Waals surface area contributed by atoms with Gasteiger partial charge in [-0.2, -0.15) is 0 Å². The van der Waals surface area contributed by atoms with Gasteiger partial charge in [0.1, 0.15) is 6.61 Å². The van der Waals surface area contributed by atoms with Crippen molar-refractivity contribution in [3.05, 3.63) is 0 Å². The van der Waals surface area contributed by atoms with Crippen LogP contribution < -0.4 is 11.1 Å². The number of nitrogens with two attached hydrogens (primary N) is 1. The van der Waals surface area contributed by atoms with Crippen LogP contribution in [0.4, 0.5) is 0 Å². The maximum atomic E-state index is 11.2. The van der Waals surface area contributed by atoms with Crippen LogP contribution in [0.5, 0.6) is 0 Å². The number of amides is 1. The third-order valence-electron chi connectivity index (χ3n) is 1.34. The quantitative estimate of drug-likeness (QED) is 0.479. The molecule has 0 aliphatic rings. The Morgan fingerprint density at radius 1 is 1.50 bits per heavy atom. The summed E-state index contributed by atoms with van der Waals surface area (Å²) in [6.07, 6.45) is 0. The number of hydrogen-bond donors (Lipinski definition) is 3. The standard InChI is InChI=1S/C8H16N2O4/c1-8(2,9)7(13)10-3-4-14-5-6(11)12/h3-5,9H2,1-2H3,(H,10,13)(H,11,12). The molecule has 0 radical (unpaired) electrons. The molecule has 0 aromatic rings. The smallest absolute Gasteiger partial charge is 0.329 e. The SMILES string of the molecule is CC(C)(N)C(=O)NCCOCC(=O)O. The van der Waals surface area contributed by atoms with E-state index in [1.807, 2.05) is 0 Å². The van der Waals surface area contributed by atoms with E-state index in [0.29, 0.717) is 0 Å². The van der Waals surface area contributed by atoms with Crippen LogP contribution in [0, 0.1) is 0 Å². The molecule has 0 unspecified atom stereocenters. The maximum absolute atomic E-state index is 11.2. The average molecular weight is 204 g/mol. The molecule has 0 aliphatic carbocycles. The second kappa shape index (κ2) is 5.56. The first-order valence-corrected chi connectivity index (χ1v) is 4.20. The largest absolute Gasteiger partial charge is 0.480 e. The van der Waals surface area contributed by atoms with Gasteiger partial charge in [0.05, 0.1) is 12.1 Å². The van der Waals surface area contributed by atoms with Gasteiger partial charge in [-0.3, -0.25) is 4.79 Å². The van der Waals surface area contributed by atoms with Crippen LogP contribution in [0.1, 0.15) is 13.8 Å².